The van der Waals surface area contributed by atoms with Crippen molar-refractivity contribution in [2.24, 2.45) is 7.05 Å². The summed E-state index contributed by atoms with van der Waals surface area (Å²) in [6.45, 7) is 5.97. The number of carbonyl (C=O) groups is 2. The van der Waals surface area contributed by atoms with Crippen molar-refractivity contribution in [2.45, 2.75) is 58.5 Å². The van der Waals surface area contributed by atoms with Crippen molar-refractivity contribution in [3.63, 3.8) is 0 Å². The lowest BCUT2D eigenvalue weighted by atomic mass is 9.99. The lowest BCUT2D eigenvalue weighted by Crippen LogP contribution is -2.46. The number of benzene rings is 3. The Kier molecular flexibility index (Phi) is 6.83. The SMILES string of the molecule is Cc1ccc([C@H](C(=O)NC2CCCC2)N(C(=O)c2ccc3c(c2)nc(C)n3C)c2ccc(C)cc2)cc1. The van der Waals surface area contributed by atoms with Gasteiger partial charge in [0.05, 0.1) is 11.0 Å². The Balaban J connectivity index is 1.62. The molecule has 37 heavy (non-hydrogen) atoms. The molecule has 1 aliphatic rings. The van der Waals surface area contributed by atoms with Gasteiger partial charge in [0.15, 0.2) is 0 Å². The van der Waals surface area contributed by atoms with Gasteiger partial charge in [0.2, 0.25) is 5.91 Å². The van der Waals surface area contributed by atoms with Crippen molar-refractivity contribution >= 4 is 28.5 Å². The molecule has 1 aromatic heterocycles. The highest BCUT2D eigenvalue weighted by atomic mass is 16.2. The summed E-state index contributed by atoms with van der Waals surface area (Å²) < 4.78 is 2.01. The monoisotopic (exact) mass is 494 g/mol. The minimum atomic E-state index is -0.808. The Morgan fingerprint density at radius 3 is 2.19 bits per heavy atom. The number of carbonyl (C=O) groups excluding carboxylic acids is 2. The van der Waals surface area contributed by atoms with Crippen molar-refractivity contribution in [3.05, 3.63) is 94.8 Å². The molecule has 0 aliphatic heterocycles. The summed E-state index contributed by atoms with van der Waals surface area (Å²) in [6, 6.07) is 20.6. The number of fused-ring (bicyclic) bond motifs is 1. The zero-order valence-corrected chi connectivity index (χ0v) is 22.0. The number of rotatable bonds is 6. The Morgan fingerprint density at radius 2 is 1.54 bits per heavy atom. The van der Waals surface area contributed by atoms with E-state index in [0.717, 1.165) is 59.2 Å². The number of hydrogen-bond acceptors (Lipinski definition) is 3. The molecule has 1 heterocycles. The second kappa shape index (κ2) is 10.2. The van der Waals surface area contributed by atoms with E-state index in [2.05, 4.69) is 10.3 Å². The maximum absolute atomic E-state index is 14.3. The predicted molar refractivity (Wildman–Crippen MR) is 148 cm³/mol. The smallest absolute Gasteiger partial charge is 0.259 e. The molecule has 3 aromatic carbocycles. The molecule has 0 saturated heterocycles. The summed E-state index contributed by atoms with van der Waals surface area (Å²) in [5, 5.41) is 3.25. The number of aryl methyl sites for hydroxylation is 4. The maximum Gasteiger partial charge on any atom is 0.259 e. The van der Waals surface area contributed by atoms with E-state index in [1.54, 1.807) is 4.90 Å². The first-order chi connectivity index (χ1) is 17.8. The molecular formula is C31H34N4O2. The second-order valence-corrected chi connectivity index (χ2v) is 10.2. The standard InChI is InChI=1S/C31H34N4O2/c1-20-9-13-23(14-10-20)29(30(36)33-25-7-5-6-8-25)35(26-16-11-21(2)12-17-26)31(37)24-15-18-28-27(19-24)32-22(3)34(28)4/h9-19,25,29H,5-8H2,1-4H3,(H,33,36)/t29-/m1/s1. The van der Waals surface area contributed by atoms with E-state index < -0.39 is 6.04 Å². The average Bonchev–Trinajstić information content (AvgIpc) is 3.50. The van der Waals surface area contributed by atoms with E-state index in [1.807, 2.05) is 99.1 Å². The van der Waals surface area contributed by atoms with Crippen molar-refractivity contribution in [3.8, 4) is 0 Å². The molecule has 5 rings (SSSR count). The quantitative estimate of drug-likeness (QED) is 0.360. The molecular weight excluding hydrogens is 460 g/mol. The predicted octanol–water partition coefficient (Wildman–Crippen LogP) is 5.95. The van der Waals surface area contributed by atoms with Gasteiger partial charge < -0.3 is 9.88 Å². The van der Waals surface area contributed by atoms with Gasteiger partial charge in [0.25, 0.3) is 5.91 Å². The van der Waals surface area contributed by atoms with Crippen LogP contribution < -0.4 is 10.2 Å². The van der Waals surface area contributed by atoms with Crippen LogP contribution in [0, 0.1) is 20.8 Å². The third-order valence-electron chi connectivity index (χ3n) is 7.48. The highest BCUT2D eigenvalue weighted by Crippen LogP contribution is 2.32. The van der Waals surface area contributed by atoms with Crippen LogP contribution in [0.3, 0.4) is 0 Å². The Morgan fingerprint density at radius 1 is 0.919 bits per heavy atom. The Bertz CT molecular complexity index is 1430. The first-order valence-corrected chi connectivity index (χ1v) is 13.0. The molecule has 0 unspecified atom stereocenters. The van der Waals surface area contributed by atoms with Crippen molar-refractivity contribution in [2.75, 3.05) is 4.90 Å². The van der Waals surface area contributed by atoms with Crippen LogP contribution in [0.4, 0.5) is 5.69 Å². The highest BCUT2D eigenvalue weighted by Gasteiger charge is 2.35. The number of nitrogens with zero attached hydrogens (tertiary/aromatic N) is 3. The van der Waals surface area contributed by atoms with Crippen LogP contribution in [0.15, 0.2) is 66.7 Å². The van der Waals surface area contributed by atoms with Crippen LogP contribution in [-0.2, 0) is 11.8 Å². The lowest BCUT2D eigenvalue weighted by Gasteiger charge is -2.32. The Labute approximate surface area is 218 Å². The van der Waals surface area contributed by atoms with Gasteiger partial charge in [-0.2, -0.15) is 0 Å². The fourth-order valence-corrected chi connectivity index (χ4v) is 5.20. The molecule has 6 nitrogen and oxygen atoms in total. The fourth-order valence-electron chi connectivity index (χ4n) is 5.20. The van der Waals surface area contributed by atoms with Crippen LogP contribution >= 0.6 is 0 Å². The third kappa shape index (κ3) is 5.01. The summed E-state index contributed by atoms with van der Waals surface area (Å²) in [5.74, 6) is 0.490. The van der Waals surface area contributed by atoms with Gasteiger partial charge in [-0.1, -0.05) is 60.4 Å². The molecule has 1 atom stereocenters. The van der Waals surface area contributed by atoms with E-state index in [0.29, 0.717) is 11.3 Å². The van der Waals surface area contributed by atoms with Gasteiger partial charge >= 0.3 is 0 Å². The second-order valence-electron chi connectivity index (χ2n) is 10.2. The number of amides is 2. The highest BCUT2D eigenvalue weighted by molar-refractivity contribution is 6.11. The number of imidazole rings is 1. The largest absolute Gasteiger partial charge is 0.351 e. The van der Waals surface area contributed by atoms with Gasteiger partial charge in [-0.15, -0.1) is 0 Å². The first-order valence-electron chi connectivity index (χ1n) is 13.0. The molecule has 190 valence electrons. The van der Waals surface area contributed by atoms with Crippen LogP contribution in [0.2, 0.25) is 0 Å². The zero-order valence-electron chi connectivity index (χ0n) is 22.0. The molecule has 0 bridgehead atoms. The molecule has 2 amide bonds. The van der Waals surface area contributed by atoms with Crippen molar-refractivity contribution < 1.29 is 9.59 Å². The maximum atomic E-state index is 14.3. The lowest BCUT2D eigenvalue weighted by molar-refractivity contribution is -0.123. The molecule has 1 aliphatic carbocycles. The summed E-state index contributed by atoms with van der Waals surface area (Å²) in [7, 11) is 1.96. The average molecular weight is 495 g/mol. The van der Waals surface area contributed by atoms with Gasteiger partial charge in [-0.05, 0) is 69.5 Å². The molecule has 0 spiro atoms. The Hall–Kier alpha value is -3.93. The van der Waals surface area contributed by atoms with Crippen LogP contribution in [0.5, 0.6) is 0 Å². The number of hydrogen-bond donors (Lipinski definition) is 1. The van der Waals surface area contributed by atoms with Gasteiger partial charge in [-0.25, -0.2) is 4.98 Å². The molecule has 1 fully saturated rings. The normalized spacial score (nSPS) is 14.6. The van der Waals surface area contributed by atoms with E-state index in [1.165, 1.54) is 0 Å². The summed E-state index contributed by atoms with van der Waals surface area (Å²) in [6.07, 6.45) is 4.18. The van der Waals surface area contributed by atoms with Crippen LogP contribution in [0.1, 0.15) is 64.6 Å². The van der Waals surface area contributed by atoms with E-state index >= 15 is 0 Å². The number of nitrogens with one attached hydrogen (secondary N) is 1. The minimum Gasteiger partial charge on any atom is -0.351 e. The molecule has 0 radical (unpaired) electrons. The van der Waals surface area contributed by atoms with Crippen LogP contribution in [0.25, 0.3) is 11.0 Å². The topological polar surface area (TPSA) is 67.2 Å². The molecule has 1 saturated carbocycles. The number of aromatic nitrogens is 2. The summed E-state index contributed by atoms with van der Waals surface area (Å²) >= 11 is 0. The van der Waals surface area contributed by atoms with E-state index in [9.17, 15) is 9.59 Å². The summed E-state index contributed by atoms with van der Waals surface area (Å²) in [5.41, 5.74) is 5.87. The minimum absolute atomic E-state index is 0.142. The van der Waals surface area contributed by atoms with Crippen molar-refractivity contribution in [1.82, 2.24) is 14.9 Å². The number of anilines is 1. The summed E-state index contributed by atoms with van der Waals surface area (Å²) in [4.78, 5) is 34.5. The zero-order chi connectivity index (χ0) is 26.1. The van der Waals surface area contributed by atoms with E-state index in [-0.39, 0.29) is 17.9 Å². The van der Waals surface area contributed by atoms with Gasteiger partial charge in [-0.3, -0.25) is 14.5 Å². The molecule has 6 heteroatoms. The molecule has 1 N–H and O–H groups in total. The van der Waals surface area contributed by atoms with Gasteiger partial charge in [0.1, 0.15) is 11.9 Å². The van der Waals surface area contributed by atoms with Gasteiger partial charge in [0, 0.05) is 24.3 Å². The first kappa shape index (κ1) is 24.8. The molecule has 4 aromatic rings. The fraction of sp³-hybridized carbons (Fsp3) is 0.323. The third-order valence-corrected chi connectivity index (χ3v) is 7.48. The van der Waals surface area contributed by atoms with Crippen LogP contribution in [-0.4, -0.2) is 27.4 Å². The van der Waals surface area contributed by atoms with Crippen molar-refractivity contribution in [1.29, 1.82) is 0 Å². The van der Waals surface area contributed by atoms with E-state index in [4.69, 9.17) is 0 Å².